The van der Waals surface area contributed by atoms with E-state index < -0.39 is 0 Å². The Balaban J connectivity index is 1.48. The van der Waals surface area contributed by atoms with Gasteiger partial charge in [0.2, 0.25) is 0 Å². The molecule has 1 aliphatic rings. The number of hydrogen-bond acceptors (Lipinski definition) is 5. The van der Waals surface area contributed by atoms with Crippen molar-refractivity contribution in [2.24, 2.45) is 0 Å². The first kappa shape index (κ1) is 14.9. The third-order valence-corrected chi connectivity index (χ3v) is 4.41. The van der Waals surface area contributed by atoms with Gasteiger partial charge in [0.15, 0.2) is 0 Å². The van der Waals surface area contributed by atoms with E-state index in [4.69, 9.17) is 0 Å². The van der Waals surface area contributed by atoms with Gasteiger partial charge in [-0.25, -0.2) is 9.37 Å². The van der Waals surface area contributed by atoms with Crippen LogP contribution < -0.4 is 10.2 Å². The van der Waals surface area contributed by atoms with Gasteiger partial charge in [-0.3, -0.25) is 0 Å². The van der Waals surface area contributed by atoms with Gasteiger partial charge in [0.25, 0.3) is 5.78 Å². The van der Waals surface area contributed by atoms with Gasteiger partial charge in [0.1, 0.15) is 18.0 Å². The zero-order valence-electron chi connectivity index (χ0n) is 13.5. The number of rotatable bonds is 3. The molecule has 124 valence electrons. The van der Waals surface area contributed by atoms with Gasteiger partial charge in [-0.15, -0.1) is 0 Å². The fourth-order valence-corrected chi connectivity index (χ4v) is 3.19. The van der Waals surface area contributed by atoms with Crippen LogP contribution in [0.25, 0.3) is 5.78 Å². The van der Waals surface area contributed by atoms with Gasteiger partial charge in [0.05, 0.1) is 5.69 Å². The quantitative estimate of drug-likeness (QED) is 0.802. The third-order valence-electron chi connectivity index (χ3n) is 4.41. The summed E-state index contributed by atoms with van der Waals surface area (Å²) in [6.07, 6.45) is 3.40. The maximum absolute atomic E-state index is 13.8. The SMILES string of the molecule is Cc1cc(N2CCC(Nc3ccccc3F)CC2)n2ncnc2n1. The first-order valence-corrected chi connectivity index (χ1v) is 8.14. The topological polar surface area (TPSA) is 58.4 Å². The molecule has 0 bridgehead atoms. The molecule has 2 aromatic heterocycles. The van der Waals surface area contributed by atoms with Gasteiger partial charge >= 0.3 is 0 Å². The highest BCUT2D eigenvalue weighted by Crippen LogP contribution is 2.23. The molecule has 1 saturated heterocycles. The standard InChI is InChI=1S/C17H19FN6/c1-12-10-16(24-17(21-12)19-11-20-24)23-8-6-13(7-9-23)22-15-5-3-2-4-14(15)18/h2-5,10-11,13,22H,6-9H2,1H3. The predicted molar refractivity (Wildman–Crippen MR) is 90.8 cm³/mol. The Morgan fingerprint density at radius 2 is 2.00 bits per heavy atom. The molecule has 0 amide bonds. The number of benzene rings is 1. The highest BCUT2D eigenvalue weighted by Gasteiger charge is 2.22. The maximum Gasteiger partial charge on any atom is 0.254 e. The van der Waals surface area contributed by atoms with E-state index >= 15 is 0 Å². The van der Waals surface area contributed by atoms with Crippen LogP contribution in [-0.4, -0.2) is 38.7 Å². The van der Waals surface area contributed by atoms with Gasteiger partial charge in [0, 0.05) is 30.9 Å². The molecule has 7 heteroatoms. The Morgan fingerprint density at radius 3 is 2.79 bits per heavy atom. The van der Waals surface area contributed by atoms with Crippen molar-refractivity contribution in [3.8, 4) is 0 Å². The Hall–Kier alpha value is -2.70. The van der Waals surface area contributed by atoms with Gasteiger partial charge in [-0.2, -0.15) is 14.6 Å². The van der Waals surface area contributed by atoms with Gasteiger partial charge in [-0.1, -0.05) is 12.1 Å². The summed E-state index contributed by atoms with van der Waals surface area (Å²) in [6, 6.07) is 9.13. The zero-order valence-corrected chi connectivity index (χ0v) is 13.5. The molecule has 0 unspecified atom stereocenters. The van der Waals surface area contributed by atoms with Crippen molar-refractivity contribution < 1.29 is 4.39 Å². The van der Waals surface area contributed by atoms with Crippen molar-refractivity contribution in [3.05, 3.63) is 48.2 Å². The van der Waals surface area contributed by atoms with Crippen LogP contribution in [0.3, 0.4) is 0 Å². The molecule has 1 N–H and O–H groups in total. The van der Waals surface area contributed by atoms with E-state index in [0.29, 0.717) is 11.5 Å². The second-order valence-electron chi connectivity index (χ2n) is 6.11. The highest BCUT2D eigenvalue weighted by molar-refractivity contribution is 5.49. The smallest absolute Gasteiger partial charge is 0.254 e. The predicted octanol–water partition coefficient (Wildman–Crippen LogP) is 2.65. The molecule has 0 atom stereocenters. The molecule has 24 heavy (non-hydrogen) atoms. The summed E-state index contributed by atoms with van der Waals surface area (Å²) >= 11 is 0. The van der Waals surface area contributed by atoms with E-state index in [0.717, 1.165) is 37.4 Å². The lowest BCUT2D eigenvalue weighted by molar-refractivity contribution is 0.516. The molecule has 0 radical (unpaired) electrons. The second-order valence-corrected chi connectivity index (χ2v) is 6.11. The number of anilines is 2. The molecule has 6 nitrogen and oxygen atoms in total. The zero-order chi connectivity index (χ0) is 16.5. The Morgan fingerprint density at radius 1 is 1.21 bits per heavy atom. The van der Waals surface area contributed by atoms with Crippen LogP contribution in [0.15, 0.2) is 36.7 Å². The fourth-order valence-electron chi connectivity index (χ4n) is 3.19. The summed E-state index contributed by atoms with van der Waals surface area (Å²) in [5, 5.41) is 7.59. The monoisotopic (exact) mass is 326 g/mol. The lowest BCUT2D eigenvalue weighted by Gasteiger charge is -2.34. The molecule has 1 fully saturated rings. The largest absolute Gasteiger partial charge is 0.380 e. The molecule has 1 aliphatic heterocycles. The number of piperidine rings is 1. The fraction of sp³-hybridized carbons (Fsp3) is 0.353. The number of nitrogens with one attached hydrogen (secondary N) is 1. The Labute approximate surface area is 139 Å². The lowest BCUT2D eigenvalue weighted by Crippen LogP contribution is -2.40. The molecule has 0 saturated carbocycles. The third kappa shape index (κ3) is 2.77. The van der Waals surface area contributed by atoms with Crippen LogP contribution in [0.2, 0.25) is 0 Å². The van der Waals surface area contributed by atoms with Crippen molar-refractivity contribution in [2.75, 3.05) is 23.3 Å². The normalized spacial score (nSPS) is 15.8. The van der Waals surface area contributed by atoms with Gasteiger partial charge < -0.3 is 10.2 Å². The minimum Gasteiger partial charge on any atom is -0.380 e. The molecule has 3 heterocycles. The summed E-state index contributed by atoms with van der Waals surface area (Å²) < 4.78 is 15.5. The molecule has 0 spiro atoms. The summed E-state index contributed by atoms with van der Waals surface area (Å²) in [7, 11) is 0. The molecular weight excluding hydrogens is 307 g/mol. The first-order chi connectivity index (χ1) is 11.7. The number of aromatic nitrogens is 4. The molecule has 0 aliphatic carbocycles. The summed E-state index contributed by atoms with van der Waals surface area (Å²) in [6.45, 7) is 3.72. The number of halogens is 1. The summed E-state index contributed by atoms with van der Waals surface area (Å²) in [5.41, 5.74) is 1.51. The molecular formula is C17H19FN6. The number of hydrogen-bond donors (Lipinski definition) is 1. The maximum atomic E-state index is 13.8. The van der Waals surface area contributed by atoms with Crippen LogP contribution >= 0.6 is 0 Å². The number of para-hydroxylation sites is 1. The average Bonchev–Trinajstić information content (AvgIpc) is 3.05. The van der Waals surface area contributed by atoms with Gasteiger partial charge in [-0.05, 0) is 31.9 Å². The van der Waals surface area contributed by atoms with E-state index in [1.54, 1.807) is 16.6 Å². The van der Waals surface area contributed by atoms with Crippen molar-refractivity contribution in [1.29, 1.82) is 0 Å². The number of nitrogens with zero attached hydrogens (tertiary/aromatic N) is 5. The number of aryl methyl sites for hydroxylation is 1. The summed E-state index contributed by atoms with van der Waals surface area (Å²) in [5.74, 6) is 1.44. The lowest BCUT2D eigenvalue weighted by atomic mass is 10.0. The minimum atomic E-state index is -0.200. The van der Waals surface area contributed by atoms with Crippen LogP contribution in [0.5, 0.6) is 0 Å². The van der Waals surface area contributed by atoms with Crippen LogP contribution in [0.4, 0.5) is 15.9 Å². The van der Waals surface area contributed by atoms with Crippen molar-refractivity contribution >= 4 is 17.3 Å². The summed E-state index contributed by atoms with van der Waals surface area (Å²) in [4.78, 5) is 10.8. The van der Waals surface area contributed by atoms with E-state index in [1.165, 1.54) is 12.4 Å². The molecule has 1 aromatic carbocycles. The molecule has 4 rings (SSSR count). The highest BCUT2D eigenvalue weighted by atomic mass is 19.1. The van der Waals surface area contributed by atoms with Crippen molar-refractivity contribution in [3.63, 3.8) is 0 Å². The van der Waals surface area contributed by atoms with Crippen molar-refractivity contribution in [2.45, 2.75) is 25.8 Å². The molecule has 3 aromatic rings. The first-order valence-electron chi connectivity index (χ1n) is 8.14. The van der Waals surface area contributed by atoms with E-state index in [2.05, 4.69) is 25.3 Å². The van der Waals surface area contributed by atoms with Crippen LogP contribution in [-0.2, 0) is 0 Å². The van der Waals surface area contributed by atoms with Crippen LogP contribution in [0.1, 0.15) is 18.5 Å². The van der Waals surface area contributed by atoms with Crippen LogP contribution in [0, 0.1) is 12.7 Å². The van der Waals surface area contributed by atoms with E-state index in [1.807, 2.05) is 19.1 Å². The van der Waals surface area contributed by atoms with E-state index in [9.17, 15) is 4.39 Å². The Kier molecular flexibility index (Phi) is 3.76. The Bertz CT molecular complexity index is 853. The minimum absolute atomic E-state index is 0.200. The number of fused-ring (bicyclic) bond motifs is 1. The van der Waals surface area contributed by atoms with E-state index in [-0.39, 0.29) is 11.9 Å². The second kappa shape index (κ2) is 6.07. The average molecular weight is 326 g/mol. The van der Waals surface area contributed by atoms with Crippen molar-refractivity contribution in [1.82, 2.24) is 19.6 Å².